The molecule has 0 aliphatic carbocycles. The second kappa shape index (κ2) is 5.19. The van der Waals surface area contributed by atoms with E-state index >= 15 is 0 Å². The van der Waals surface area contributed by atoms with Crippen molar-refractivity contribution in [3.05, 3.63) is 53.9 Å². The van der Waals surface area contributed by atoms with Gasteiger partial charge in [0, 0.05) is 0 Å². The van der Waals surface area contributed by atoms with E-state index in [2.05, 4.69) is 81.4 Å². The Bertz CT molecular complexity index is 408. The summed E-state index contributed by atoms with van der Waals surface area (Å²) in [4.78, 5) is 0. The number of hydrogen-bond acceptors (Lipinski definition) is 0. The van der Waals surface area contributed by atoms with Gasteiger partial charge in [-0.05, 0) is 0 Å². The first-order valence-corrected chi connectivity index (χ1v) is 12.8. The van der Waals surface area contributed by atoms with Crippen LogP contribution in [0.4, 0.5) is 0 Å². The summed E-state index contributed by atoms with van der Waals surface area (Å²) in [6.07, 6.45) is 2.28. The van der Waals surface area contributed by atoms with Gasteiger partial charge in [-0.25, -0.2) is 0 Å². The molecule has 17 heavy (non-hydrogen) atoms. The van der Waals surface area contributed by atoms with Crippen LogP contribution in [-0.2, 0) is 0 Å². The van der Waals surface area contributed by atoms with Crippen molar-refractivity contribution in [2.24, 2.45) is 0 Å². The first-order chi connectivity index (χ1) is 7.73. The molecule has 0 unspecified atom stereocenters. The zero-order chi connectivity index (χ0) is 13.1. The molecule has 1 aromatic carbocycles. The molecule has 0 saturated heterocycles. The molecule has 0 fully saturated rings. The lowest BCUT2D eigenvalue weighted by Crippen LogP contribution is -2.43. The molecule has 0 aromatic heterocycles. The van der Waals surface area contributed by atoms with Crippen molar-refractivity contribution in [1.82, 2.24) is 0 Å². The quantitative estimate of drug-likeness (QED) is 0.564. The number of rotatable bonds is 4. The molecule has 1 aromatic rings. The van der Waals surface area contributed by atoms with Crippen LogP contribution in [0.3, 0.4) is 0 Å². The molecule has 0 N–H and O–H groups in total. The second-order valence-corrected chi connectivity index (χ2v) is 15.8. The molecule has 0 aliphatic rings. The van der Waals surface area contributed by atoms with Crippen LogP contribution in [0.25, 0.3) is 0 Å². The summed E-state index contributed by atoms with van der Waals surface area (Å²) in [7, 11) is -2.66. The Balaban J connectivity index is 2.92. The smallest absolute Gasteiger partial charge is 0.0994 e. The van der Waals surface area contributed by atoms with E-state index in [0.717, 1.165) is 0 Å². The summed E-state index contributed by atoms with van der Waals surface area (Å²) in [5, 5.41) is 2.79. The van der Waals surface area contributed by atoms with E-state index in [1.165, 1.54) is 10.4 Å². The molecule has 92 valence electrons. The van der Waals surface area contributed by atoms with Gasteiger partial charge in [0.05, 0.1) is 8.07 Å². The van der Waals surface area contributed by atoms with Crippen LogP contribution < -0.4 is 5.19 Å². The van der Waals surface area contributed by atoms with Crippen molar-refractivity contribution in [1.29, 1.82) is 0 Å². The lowest BCUT2D eigenvalue weighted by atomic mass is 10.4. The highest BCUT2D eigenvalue weighted by molar-refractivity contribution is 6.96. The number of hydrogen-bond donors (Lipinski definition) is 0. The normalized spacial score (nSPS) is 13.0. The topological polar surface area (TPSA) is 0 Å². The van der Waals surface area contributed by atoms with Gasteiger partial charge in [0.15, 0.2) is 0 Å². The van der Waals surface area contributed by atoms with Crippen LogP contribution in [-0.4, -0.2) is 16.1 Å². The van der Waals surface area contributed by atoms with Gasteiger partial charge in [-0.15, -0.1) is 0 Å². The first kappa shape index (κ1) is 14.2. The molecule has 0 spiro atoms. The summed E-state index contributed by atoms with van der Waals surface area (Å²) < 4.78 is 0. The van der Waals surface area contributed by atoms with E-state index in [1.54, 1.807) is 0 Å². The highest BCUT2D eigenvalue weighted by Crippen LogP contribution is 2.16. The molecule has 0 aliphatic heterocycles. The van der Waals surface area contributed by atoms with Crippen molar-refractivity contribution in [2.75, 3.05) is 0 Å². The molecule has 0 heterocycles. The second-order valence-electron chi connectivity index (χ2n) is 6.22. The van der Waals surface area contributed by atoms with E-state index in [1.807, 2.05) is 0 Å². The molecule has 0 atom stereocenters. The Morgan fingerprint density at radius 1 is 1.00 bits per heavy atom. The van der Waals surface area contributed by atoms with Crippen molar-refractivity contribution in [3.63, 3.8) is 0 Å². The minimum Gasteiger partial charge on any atom is -0.0994 e. The van der Waals surface area contributed by atoms with Crippen molar-refractivity contribution < 1.29 is 0 Å². The van der Waals surface area contributed by atoms with E-state index in [4.69, 9.17) is 0 Å². The number of allylic oxidation sites excluding steroid dienone is 2. The monoisotopic (exact) mass is 260 g/mol. The summed E-state index contributed by atoms with van der Waals surface area (Å²) in [6, 6.07) is 10.8. The van der Waals surface area contributed by atoms with E-state index < -0.39 is 16.1 Å². The van der Waals surface area contributed by atoms with Gasteiger partial charge < -0.3 is 0 Å². The molecule has 0 radical (unpaired) electrons. The van der Waals surface area contributed by atoms with Crippen LogP contribution >= 0.6 is 0 Å². The molecule has 0 bridgehead atoms. The van der Waals surface area contributed by atoms with Gasteiger partial charge in [-0.1, -0.05) is 91.8 Å². The van der Waals surface area contributed by atoms with Gasteiger partial charge in [-0.3, -0.25) is 0 Å². The maximum Gasteiger partial charge on any atom is 0.111 e. The van der Waals surface area contributed by atoms with Gasteiger partial charge in [0.25, 0.3) is 0 Å². The minimum atomic E-state index is -1.54. The Hall–Kier alpha value is -0.866. The van der Waals surface area contributed by atoms with Crippen molar-refractivity contribution >= 4 is 21.3 Å². The number of benzene rings is 1. The minimum absolute atomic E-state index is 1.12. The van der Waals surface area contributed by atoms with Crippen LogP contribution in [0.15, 0.2) is 53.9 Å². The van der Waals surface area contributed by atoms with Crippen LogP contribution in [0.5, 0.6) is 0 Å². The lowest BCUT2D eigenvalue weighted by molar-refractivity contribution is 1.66. The Labute approximate surface area is 108 Å². The van der Waals surface area contributed by atoms with Crippen LogP contribution in [0.1, 0.15) is 0 Å². The van der Waals surface area contributed by atoms with E-state index in [-0.39, 0.29) is 0 Å². The molecule has 2 heteroatoms. The zero-order valence-corrected chi connectivity index (χ0v) is 13.7. The summed E-state index contributed by atoms with van der Waals surface area (Å²) in [5.74, 6) is 0. The van der Waals surface area contributed by atoms with Crippen LogP contribution in [0.2, 0.25) is 32.7 Å². The van der Waals surface area contributed by atoms with Crippen molar-refractivity contribution in [3.8, 4) is 0 Å². The van der Waals surface area contributed by atoms with Crippen LogP contribution in [0, 0.1) is 0 Å². The largest absolute Gasteiger partial charge is 0.111 e. The van der Waals surface area contributed by atoms with E-state index in [0.29, 0.717) is 0 Å². The predicted octanol–water partition coefficient (Wildman–Crippen LogP) is 4.13. The maximum atomic E-state index is 4.30. The molecule has 0 saturated carbocycles. The molecular formula is C15H24Si2. The maximum absolute atomic E-state index is 4.30. The standard InChI is InChI=1S/C15H24Si2/c1-14(12-13-16(2,3)4)17(5,6)15-10-8-7-9-11-15/h7-13H,1H2,2-6H3/b13-12-. The Morgan fingerprint density at radius 3 is 2.00 bits per heavy atom. The summed E-state index contributed by atoms with van der Waals surface area (Å²) >= 11 is 0. The predicted molar refractivity (Wildman–Crippen MR) is 85.2 cm³/mol. The Morgan fingerprint density at radius 2 is 1.53 bits per heavy atom. The molecular weight excluding hydrogens is 236 g/mol. The van der Waals surface area contributed by atoms with Gasteiger partial charge in [0.2, 0.25) is 0 Å². The van der Waals surface area contributed by atoms with Gasteiger partial charge in [-0.2, -0.15) is 0 Å². The summed E-state index contributed by atoms with van der Waals surface area (Å²) in [6.45, 7) is 16.1. The lowest BCUT2D eigenvalue weighted by Gasteiger charge is -2.24. The molecule has 0 amide bonds. The Kier molecular flexibility index (Phi) is 4.33. The average Bonchev–Trinajstić information content (AvgIpc) is 2.26. The van der Waals surface area contributed by atoms with Crippen molar-refractivity contribution in [2.45, 2.75) is 32.7 Å². The average molecular weight is 261 g/mol. The van der Waals surface area contributed by atoms with Gasteiger partial charge >= 0.3 is 0 Å². The fourth-order valence-corrected chi connectivity index (χ4v) is 4.36. The third kappa shape index (κ3) is 4.13. The third-order valence-electron chi connectivity index (χ3n) is 3.08. The fourth-order valence-electron chi connectivity index (χ4n) is 1.60. The molecule has 0 nitrogen and oxygen atoms in total. The highest BCUT2D eigenvalue weighted by Gasteiger charge is 2.25. The summed E-state index contributed by atoms with van der Waals surface area (Å²) in [5.41, 5.74) is 2.40. The van der Waals surface area contributed by atoms with E-state index in [9.17, 15) is 0 Å². The SMILES string of the molecule is C=C(/C=C\[Si](C)(C)C)[Si](C)(C)c1ccccc1. The fraction of sp³-hybridized carbons (Fsp3) is 0.333. The molecule has 1 rings (SSSR count). The third-order valence-corrected chi connectivity index (χ3v) is 7.80. The highest BCUT2D eigenvalue weighted by atomic mass is 28.3. The zero-order valence-electron chi connectivity index (χ0n) is 11.7. The first-order valence-electron chi connectivity index (χ1n) is 6.17. The van der Waals surface area contributed by atoms with Gasteiger partial charge in [0.1, 0.15) is 8.07 Å².